The third-order valence-corrected chi connectivity index (χ3v) is 5.95. The van der Waals surface area contributed by atoms with Gasteiger partial charge in [0.25, 0.3) is 0 Å². The number of benzene rings is 1. The van der Waals surface area contributed by atoms with E-state index >= 15 is 0 Å². The number of aromatic hydroxyl groups is 1. The van der Waals surface area contributed by atoms with E-state index in [0.717, 1.165) is 11.1 Å². The van der Waals surface area contributed by atoms with Crippen LogP contribution in [0.3, 0.4) is 0 Å². The molecule has 7 heteroatoms. The number of phenolic OH excluding ortho intramolecular Hbond substituents is 1. The van der Waals surface area contributed by atoms with E-state index in [9.17, 15) is 14.7 Å². The number of nitrogens with one attached hydrogen (secondary N) is 1. The van der Waals surface area contributed by atoms with Crippen molar-refractivity contribution < 1.29 is 19.4 Å². The van der Waals surface area contributed by atoms with Gasteiger partial charge in [0.2, 0.25) is 11.7 Å². The lowest BCUT2D eigenvalue weighted by molar-refractivity contribution is -0.117. The molecule has 0 bridgehead atoms. The number of rotatable bonds is 5. The van der Waals surface area contributed by atoms with Gasteiger partial charge in [-0.05, 0) is 67.0 Å². The summed E-state index contributed by atoms with van der Waals surface area (Å²) in [5, 5.41) is 13.7. The fourth-order valence-electron chi connectivity index (χ4n) is 3.81. The number of amides is 1. The molecule has 2 N–H and O–H groups in total. The summed E-state index contributed by atoms with van der Waals surface area (Å²) in [5.41, 5.74) is 2.93. The molecule has 1 atom stereocenters. The normalized spacial score (nSPS) is 15.1. The lowest BCUT2D eigenvalue weighted by Gasteiger charge is -2.18. The molecule has 0 fully saturated rings. The highest BCUT2D eigenvalue weighted by molar-refractivity contribution is 7.98. The first-order valence-corrected chi connectivity index (χ1v) is 10.8. The molecule has 0 heterocycles. The number of thioether (sulfide) groups is 1. The van der Waals surface area contributed by atoms with Crippen LogP contribution in [-0.2, 0) is 11.2 Å². The summed E-state index contributed by atoms with van der Waals surface area (Å²) in [6.07, 6.45) is 6.16. The first-order valence-electron chi connectivity index (χ1n) is 9.57. The Morgan fingerprint density at radius 2 is 2.03 bits per heavy atom. The predicted molar refractivity (Wildman–Crippen MR) is 119 cm³/mol. The highest BCUT2D eigenvalue weighted by Crippen LogP contribution is 2.49. The SMILES string of the molecule is C/C=C/C(=O)N[C@H]1CCc2cc(OC)c(O)c(OC)c2-c2ccc(SC)c(=O)cc21. The number of methoxy groups -OCH3 is 2. The Hall–Kier alpha value is -2.93. The molecule has 158 valence electrons. The summed E-state index contributed by atoms with van der Waals surface area (Å²) in [6, 6.07) is 6.62. The van der Waals surface area contributed by atoms with E-state index in [0.29, 0.717) is 34.6 Å². The lowest BCUT2D eigenvalue weighted by Crippen LogP contribution is -2.27. The van der Waals surface area contributed by atoms with Crippen LogP contribution >= 0.6 is 11.8 Å². The minimum absolute atomic E-state index is 0.0972. The smallest absolute Gasteiger partial charge is 0.244 e. The maximum absolute atomic E-state index is 12.8. The number of carbonyl (C=O) groups is 1. The van der Waals surface area contributed by atoms with Crippen LogP contribution in [0.15, 0.2) is 46.1 Å². The number of aryl methyl sites for hydroxylation is 1. The molecule has 1 aliphatic carbocycles. The molecule has 3 rings (SSSR count). The minimum atomic E-state index is -0.372. The van der Waals surface area contributed by atoms with Crippen molar-refractivity contribution in [3.05, 3.63) is 57.8 Å². The van der Waals surface area contributed by atoms with Gasteiger partial charge in [-0.3, -0.25) is 9.59 Å². The van der Waals surface area contributed by atoms with Crippen LogP contribution in [0.25, 0.3) is 11.1 Å². The van der Waals surface area contributed by atoms with E-state index in [2.05, 4.69) is 5.32 Å². The van der Waals surface area contributed by atoms with E-state index in [1.807, 2.05) is 12.3 Å². The summed E-state index contributed by atoms with van der Waals surface area (Å²) in [6.45, 7) is 1.77. The molecule has 0 saturated carbocycles. The van der Waals surface area contributed by atoms with Crippen molar-refractivity contribution in [2.75, 3.05) is 20.5 Å². The van der Waals surface area contributed by atoms with Gasteiger partial charge in [-0.25, -0.2) is 0 Å². The number of ether oxygens (including phenoxy) is 2. The Morgan fingerprint density at radius 1 is 1.27 bits per heavy atom. The van der Waals surface area contributed by atoms with Crippen LogP contribution in [0.1, 0.15) is 30.5 Å². The number of hydrogen-bond acceptors (Lipinski definition) is 6. The summed E-state index contributed by atoms with van der Waals surface area (Å²) in [7, 11) is 2.97. The average Bonchev–Trinajstić information content (AvgIpc) is 2.97. The largest absolute Gasteiger partial charge is 0.502 e. The predicted octanol–water partition coefficient (Wildman–Crippen LogP) is 3.84. The van der Waals surface area contributed by atoms with Gasteiger partial charge >= 0.3 is 0 Å². The van der Waals surface area contributed by atoms with Crippen LogP contribution in [0, 0.1) is 0 Å². The number of phenols is 1. The van der Waals surface area contributed by atoms with Crippen LogP contribution in [-0.4, -0.2) is 31.5 Å². The molecular weight excluding hydrogens is 402 g/mol. The zero-order valence-corrected chi connectivity index (χ0v) is 18.3. The van der Waals surface area contributed by atoms with Crippen LogP contribution in [0.5, 0.6) is 17.2 Å². The Morgan fingerprint density at radius 3 is 2.67 bits per heavy atom. The maximum Gasteiger partial charge on any atom is 0.244 e. The number of fused-ring (bicyclic) bond motifs is 3. The standard InChI is InChI=1S/C23H25NO5S/c1-5-6-20(26)24-16-9-7-13-11-18(28-2)22(27)23(29-3)21(13)14-8-10-19(30-4)17(25)12-15(14)16/h5-6,8,10-12,16,27H,7,9H2,1-4H3,(H,24,26)/b6-5+/t16-/m0/s1. The van der Waals surface area contributed by atoms with Gasteiger partial charge in [-0.2, -0.15) is 0 Å². The van der Waals surface area contributed by atoms with Crippen molar-refractivity contribution in [2.45, 2.75) is 30.7 Å². The number of allylic oxidation sites excluding steroid dienone is 1. The summed E-state index contributed by atoms with van der Waals surface area (Å²) >= 11 is 1.36. The maximum atomic E-state index is 12.8. The van der Waals surface area contributed by atoms with Gasteiger partial charge in [0, 0.05) is 5.56 Å². The quantitative estimate of drug-likeness (QED) is 0.557. The molecule has 2 aromatic carbocycles. The first-order chi connectivity index (χ1) is 14.4. The fourth-order valence-corrected chi connectivity index (χ4v) is 4.27. The van der Waals surface area contributed by atoms with E-state index in [4.69, 9.17) is 9.47 Å². The topological polar surface area (TPSA) is 84.9 Å². The summed E-state index contributed by atoms with van der Waals surface area (Å²) in [4.78, 5) is 25.7. The lowest BCUT2D eigenvalue weighted by atomic mass is 9.95. The molecule has 0 aliphatic heterocycles. The van der Waals surface area contributed by atoms with E-state index in [1.165, 1.54) is 32.1 Å². The van der Waals surface area contributed by atoms with Crippen molar-refractivity contribution in [3.63, 3.8) is 0 Å². The van der Waals surface area contributed by atoms with E-state index in [-0.39, 0.29) is 28.9 Å². The van der Waals surface area contributed by atoms with Crippen molar-refractivity contribution in [2.24, 2.45) is 0 Å². The highest BCUT2D eigenvalue weighted by atomic mass is 32.2. The second kappa shape index (κ2) is 9.26. The van der Waals surface area contributed by atoms with Gasteiger partial charge < -0.3 is 19.9 Å². The third kappa shape index (κ3) is 4.03. The molecule has 1 amide bonds. The summed E-state index contributed by atoms with van der Waals surface area (Å²) < 4.78 is 10.9. The van der Waals surface area contributed by atoms with Crippen molar-refractivity contribution in [1.29, 1.82) is 0 Å². The molecule has 0 saturated heterocycles. The minimum Gasteiger partial charge on any atom is -0.502 e. The Balaban J connectivity index is 2.34. The molecule has 0 unspecified atom stereocenters. The van der Waals surface area contributed by atoms with Gasteiger partial charge in [0.05, 0.1) is 25.2 Å². The average molecular weight is 428 g/mol. The zero-order chi connectivity index (χ0) is 21.8. The Kier molecular flexibility index (Phi) is 6.72. The van der Waals surface area contributed by atoms with Gasteiger partial charge in [0.15, 0.2) is 16.9 Å². The molecule has 0 radical (unpaired) electrons. The molecule has 0 aromatic heterocycles. The fraction of sp³-hybridized carbons (Fsp3) is 0.304. The Labute approximate surface area is 179 Å². The summed E-state index contributed by atoms with van der Waals surface area (Å²) in [5.74, 6) is 0.282. The second-order valence-electron chi connectivity index (χ2n) is 6.87. The van der Waals surface area contributed by atoms with Crippen molar-refractivity contribution >= 4 is 17.7 Å². The van der Waals surface area contributed by atoms with Gasteiger partial charge in [-0.15, -0.1) is 11.8 Å². The number of carbonyl (C=O) groups excluding carboxylic acids is 1. The zero-order valence-electron chi connectivity index (χ0n) is 17.4. The van der Waals surface area contributed by atoms with Crippen molar-refractivity contribution in [3.8, 4) is 28.4 Å². The molecule has 30 heavy (non-hydrogen) atoms. The monoisotopic (exact) mass is 427 g/mol. The molecule has 1 aliphatic rings. The van der Waals surface area contributed by atoms with Crippen LogP contribution in [0.4, 0.5) is 0 Å². The molecule has 2 aromatic rings. The molecule has 6 nitrogen and oxygen atoms in total. The van der Waals surface area contributed by atoms with Gasteiger partial charge in [-0.1, -0.05) is 12.1 Å². The second-order valence-corrected chi connectivity index (χ2v) is 7.72. The van der Waals surface area contributed by atoms with Gasteiger partial charge in [0.1, 0.15) is 0 Å². The Bertz CT molecular complexity index is 1060. The molecular formula is C23H25NO5S. The first kappa shape index (κ1) is 21.8. The van der Waals surface area contributed by atoms with Crippen LogP contribution in [0.2, 0.25) is 0 Å². The third-order valence-electron chi connectivity index (χ3n) is 5.17. The van der Waals surface area contributed by atoms with Crippen molar-refractivity contribution in [1.82, 2.24) is 5.32 Å². The number of hydrogen-bond donors (Lipinski definition) is 2. The molecule has 0 spiro atoms. The van der Waals surface area contributed by atoms with Crippen LogP contribution < -0.4 is 20.2 Å². The van der Waals surface area contributed by atoms with E-state index in [1.54, 1.807) is 31.2 Å². The van der Waals surface area contributed by atoms with E-state index < -0.39 is 0 Å². The highest BCUT2D eigenvalue weighted by Gasteiger charge is 2.29.